The number of nitrogens with zero attached hydrogens (tertiary/aromatic N) is 3. The molecule has 124 valence electrons. The summed E-state index contributed by atoms with van der Waals surface area (Å²) in [6.07, 6.45) is 2.87. The van der Waals surface area contributed by atoms with Gasteiger partial charge in [0, 0.05) is 11.9 Å². The second kappa shape index (κ2) is 6.64. The van der Waals surface area contributed by atoms with Crippen molar-refractivity contribution in [3.8, 4) is 6.07 Å². The molecule has 2 rings (SSSR count). The maximum atomic E-state index is 12.3. The average Bonchev–Trinajstić information content (AvgIpc) is 2.95. The molecular weight excluding hydrogens is 308 g/mol. The van der Waals surface area contributed by atoms with E-state index in [1.165, 1.54) is 30.9 Å². The Morgan fingerprint density at radius 1 is 1.46 bits per heavy atom. The fourth-order valence-electron chi connectivity index (χ4n) is 2.15. The number of aryl methyl sites for hydroxylation is 1. The van der Waals surface area contributed by atoms with Crippen LogP contribution in [0.4, 0.5) is 5.69 Å². The Balaban J connectivity index is 2.10. The van der Waals surface area contributed by atoms with Crippen molar-refractivity contribution >= 4 is 17.4 Å². The van der Waals surface area contributed by atoms with E-state index in [-0.39, 0.29) is 12.3 Å². The van der Waals surface area contributed by atoms with Crippen LogP contribution in [0, 0.1) is 18.3 Å². The Morgan fingerprint density at radius 2 is 2.17 bits per heavy atom. The molecule has 0 bridgehead atoms. The summed E-state index contributed by atoms with van der Waals surface area (Å²) in [6, 6.07) is 6.91. The lowest BCUT2D eigenvalue weighted by atomic mass is 10.1. The highest BCUT2D eigenvalue weighted by Gasteiger charge is 2.31. The van der Waals surface area contributed by atoms with Crippen LogP contribution in [0.5, 0.6) is 0 Å². The molecule has 0 radical (unpaired) electrons. The molecule has 0 saturated carbocycles. The van der Waals surface area contributed by atoms with E-state index in [1.54, 1.807) is 25.1 Å². The van der Waals surface area contributed by atoms with Crippen molar-refractivity contribution in [3.05, 3.63) is 47.3 Å². The van der Waals surface area contributed by atoms with Crippen LogP contribution in [-0.4, -0.2) is 32.2 Å². The molecule has 0 aliphatic heterocycles. The number of carbonyl (C=O) groups excluding carboxylic acids is 2. The summed E-state index contributed by atoms with van der Waals surface area (Å²) in [7, 11) is 0. The SMILES string of the molecule is CC(=O)c1cnn(CC(C)(O)C(=O)Nc2ccc(C#N)c(C)c2)c1. The third-order valence-corrected chi connectivity index (χ3v) is 3.60. The van der Waals surface area contributed by atoms with Crippen LogP contribution in [-0.2, 0) is 11.3 Å². The number of ketones is 1. The van der Waals surface area contributed by atoms with Crippen molar-refractivity contribution in [2.24, 2.45) is 0 Å². The maximum Gasteiger partial charge on any atom is 0.257 e. The van der Waals surface area contributed by atoms with E-state index in [4.69, 9.17) is 5.26 Å². The summed E-state index contributed by atoms with van der Waals surface area (Å²) in [5.74, 6) is -0.745. The van der Waals surface area contributed by atoms with Gasteiger partial charge in [-0.3, -0.25) is 14.3 Å². The highest BCUT2D eigenvalue weighted by molar-refractivity contribution is 5.97. The third-order valence-electron chi connectivity index (χ3n) is 3.60. The predicted molar refractivity (Wildman–Crippen MR) is 87.4 cm³/mol. The summed E-state index contributed by atoms with van der Waals surface area (Å²) in [4.78, 5) is 23.6. The van der Waals surface area contributed by atoms with Crippen molar-refractivity contribution in [1.82, 2.24) is 9.78 Å². The zero-order valence-electron chi connectivity index (χ0n) is 13.7. The van der Waals surface area contributed by atoms with E-state index in [1.807, 2.05) is 6.07 Å². The van der Waals surface area contributed by atoms with Crippen LogP contribution in [0.1, 0.15) is 35.3 Å². The fraction of sp³-hybridized carbons (Fsp3) is 0.294. The standard InChI is InChI=1S/C17H18N4O3/c1-11-6-15(5-4-13(11)7-18)20-16(23)17(3,24)10-21-9-14(8-19-21)12(2)22/h4-6,8-9,24H,10H2,1-3H3,(H,20,23). The fourth-order valence-corrected chi connectivity index (χ4v) is 2.15. The molecule has 24 heavy (non-hydrogen) atoms. The molecule has 0 saturated heterocycles. The number of aromatic nitrogens is 2. The molecule has 1 aromatic heterocycles. The van der Waals surface area contributed by atoms with Crippen molar-refractivity contribution in [3.63, 3.8) is 0 Å². The van der Waals surface area contributed by atoms with E-state index in [0.717, 1.165) is 5.56 Å². The van der Waals surface area contributed by atoms with Crippen molar-refractivity contribution in [1.29, 1.82) is 5.26 Å². The van der Waals surface area contributed by atoms with Gasteiger partial charge in [-0.05, 0) is 44.5 Å². The van der Waals surface area contributed by atoms with Crippen LogP contribution < -0.4 is 5.32 Å². The molecule has 7 heteroatoms. The van der Waals surface area contributed by atoms with Gasteiger partial charge in [-0.25, -0.2) is 0 Å². The molecule has 0 aliphatic rings. The quantitative estimate of drug-likeness (QED) is 0.812. The number of hydrogen-bond donors (Lipinski definition) is 2. The number of Topliss-reactive ketones (excluding diaryl/α,β-unsaturated/α-hetero) is 1. The smallest absolute Gasteiger partial charge is 0.257 e. The first-order valence-electron chi connectivity index (χ1n) is 7.31. The number of aliphatic hydroxyl groups is 1. The monoisotopic (exact) mass is 326 g/mol. The predicted octanol–water partition coefficient (Wildman–Crippen LogP) is 1.66. The molecule has 2 N–H and O–H groups in total. The maximum absolute atomic E-state index is 12.3. The number of rotatable bonds is 5. The summed E-state index contributed by atoms with van der Waals surface area (Å²) in [6.45, 7) is 4.45. The van der Waals surface area contributed by atoms with Gasteiger partial charge in [-0.15, -0.1) is 0 Å². The molecule has 1 heterocycles. The lowest BCUT2D eigenvalue weighted by Crippen LogP contribution is -2.43. The number of anilines is 1. The van der Waals surface area contributed by atoms with E-state index < -0.39 is 11.5 Å². The second-order valence-electron chi connectivity index (χ2n) is 5.85. The molecule has 1 aromatic carbocycles. The molecule has 0 spiro atoms. The molecule has 1 unspecified atom stereocenters. The van der Waals surface area contributed by atoms with Crippen LogP contribution in [0.2, 0.25) is 0 Å². The zero-order chi connectivity index (χ0) is 17.9. The minimum atomic E-state index is -1.72. The van der Waals surface area contributed by atoms with Gasteiger partial charge in [0.1, 0.15) is 0 Å². The number of amides is 1. The Morgan fingerprint density at radius 3 is 2.71 bits per heavy atom. The van der Waals surface area contributed by atoms with E-state index in [2.05, 4.69) is 10.4 Å². The van der Waals surface area contributed by atoms with Crippen molar-refractivity contribution < 1.29 is 14.7 Å². The number of nitriles is 1. The largest absolute Gasteiger partial charge is 0.378 e. The normalized spacial score (nSPS) is 13.0. The lowest BCUT2D eigenvalue weighted by molar-refractivity contribution is -0.133. The summed E-state index contributed by atoms with van der Waals surface area (Å²) in [5.41, 5.74) is 0.429. The van der Waals surface area contributed by atoms with Gasteiger partial charge in [0.05, 0.1) is 29.9 Å². The van der Waals surface area contributed by atoms with Crippen LogP contribution >= 0.6 is 0 Å². The Kier molecular flexibility index (Phi) is 4.81. The highest BCUT2D eigenvalue weighted by atomic mass is 16.3. The molecule has 0 aliphatic carbocycles. The molecule has 0 fully saturated rings. The molecule has 1 atom stereocenters. The van der Waals surface area contributed by atoms with Gasteiger partial charge in [-0.2, -0.15) is 10.4 Å². The van der Waals surface area contributed by atoms with Crippen molar-refractivity contribution in [2.45, 2.75) is 32.9 Å². The number of carbonyl (C=O) groups is 2. The van der Waals surface area contributed by atoms with Gasteiger partial charge in [0.25, 0.3) is 5.91 Å². The minimum Gasteiger partial charge on any atom is -0.378 e. The average molecular weight is 326 g/mol. The molecule has 2 aromatic rings. The van der Waals surface area contributed by atoms with E-state index in [9.17, 15) is 14.7 Å². The van der Waals surface area contributed by atoms with Crippen LogP contribution in [0.25, 0.3) is 0 Å². The van der Waals surface area contributed by atoms with Gasteiger partial charge < -0.3 is 10.4 Å². The van der Waals surface area contributed by atoms with E-state index >= 15 is 0 Å². The summed E-state index contributed by atoms with van der Waals surface area (Å²) >= 11 is 0. The molecule has 7 nitrogen and oxygen atoms in total. The van der Waals surface area contributed by atoms with Gasteiger partial charge in [0.2, 0.25) is 0 Å². The Labute approximate surface area is 139 Å². The number of hydrogen-bond acceptors (Lipinski definition) is 5. The van der Waals surface area contributed by atoms with Crippen LogP contribution in [0.15, 0.2) is 30.6 Å². The highest BCUT2D eigenvalue weighted by Crippen LogP contribution is 2.17. The Hall–Kier alpha value is -2.98. The van der Waals surface area contributed by atoms with Gasteiger partial charge >= 0.3 is 0 Å². The second-order valence-corrected chi connectivity index (χ2v) is 5.85. The topological polar surface area (TPSA) is 108 Å². The first-order chi connectivity index (χ1) is 11.2. The number of benzene rings is 1. The summed E-state index contributed by atoms with van der Waals surface area (Å²) in [5, 5.41) is 25.9. The van der Waals surface area contributed by atoms with Gasteiger partial charge in [-0.1, -0.05) is 0 Å². The Bertz CT molecular complexity index is 831. The van der Waals surface area contributed by atoms with Gasteiger partial charge in [0.15, 0.2) is 11.4 Å². The number of nitrogens with one attached hydrogen (secondary N) is 1. The first-order valence-corrected chi connectivity index (χ1v) is 7.31. The third kappa shape index (κ3) is 3.86. The lowest BCUT2D eigenvalue weighted by Gasteiger charge is -2.22. The molecular formula is C17H18N4O3. The van der Waals surface area contributed by atoms with E-state index in [0.29, 0.717) is 16.8 Å². The molecule has 1 amide bonds. The zero-order valence-corrected chi connectivity index (χ0v) is 13.7. The van der Waals surface area contributed by atoms with Crippen LogP contribution in [0.3, 0.4) is 0 Å². The van der Waals surface area contributed by atoms with Crippen molar-refractivity contribution in [2.75, 3.05) is 5.32 Å². The first kappa shape index (κ1) is 17.4. The minimum absolute atomic E-state index is 0.0959. The summed E-state index contributed by atoms with van der Waals surface area (Å²) < 4.78 is 1.35.